The fourth-order valence-electron chi connectivity index (χ4n) is 10.6. The third-order valence-electron chi connectivity index (χ3n) is 13.2. The molecular formula is C61H40. The smallest absolute Gasteiger partial charge is 0.0622 e. The molecule has 12 rings (SSSR count). The zero-order valence-corrected chi connectivity index (χ0v) is 33.6. The van der Waals surface area contributed by atoms with Crippen molar-refractivity contribution < 1.29 is 0 Å². The van der Waals surface area contributed by atoms with Gasteiger partial charge >= 0.3 is 0 Å². The van der Waals surface area contributed by atoms with Gasteiger partial charge in [0.2, 0.25) is 0 Å². The van der Waals surface area contributed by atoms with Gasteiger partial charge in [0.1, 0.15) is 0 Å². The zero-order chi connectivity index (χ0) is 40.3. The summed E-state index contributed by atoms with van der Waals surface area (Å²) in [6.07, 6.45) is 0. The molecule has 0 spiro atoms. The maximum Gasteiger partial charge on any atom is 0.0714 e. The van der Waals surface area contributed by atoms with Gasteiger partial charge in [-0.2, -0.15) is 0 Å². The second-order valence-electron chi connectivity index (χ2n) is 16.3. The summed E-state index contributed by atoms with van der Waals surface area (Å²) in [6.45, 7) is 0. The Hall–Kier alpha value is -7.80. The Kier molecular flexibility index (Phi) is 8.18. The maximum absolute atomic E-state index is 2.55. The van der Waals surface area contributed by atoms with Crippen LogP contribution in [0.25, 0.3) is 88.0 Å². The first-order valence-corrected chi connectivity index (χ1v) is 21.3. The van der Waals surface area contributed by atoms with Gasteiger partial charge in [-0.25, -0.2) is 0 Å². The molecule has 0 nitrogen and oxygen atoms in total. The molecule has 1 aliphatic rings. The van der Waals surface area contributed by atoms with E-state index in [1.54, 1.807) is 0 Å². The highest BCUT2D eigenvalue weighted by molar-refractivity contribution is 6.15. The van der Waals surface area contributed by atoms with E-state index in [4.69, 9.17) is 0 Å². The summed E-state index contributed by atoms with van der Waals surface area (Å²) in [5.41, 5.74) is 17.0. The van der Waals surface area contributed by atoms with Gasteiger partial charge in [0, 0.05) is 0 Å². The molecule has 0 amide bonds. The van der Waals surface area contributed by atoms with E-state index >= 15 is 0 Å². The molecule has 0 saturated heterocycles. The topological polar surface area (TPSA) is 0 Å². The number of benzene rings is 11. The molecule has 0 fully saturated rings. The average molecular weight is 773 g/mol. The van der Waals surface area contributed by atoms with E-state index < -0.39 is 5.41 Å². The molecule has 0 aromatic heterocycles. The summed E-state index contributed by atoms with van der Waals surface area (Å²) in [5, 5.41) is 7.55. The summed E-state index contributed by atoms with van der Waals surface area (Å²) >= 11 is 0. The normalized spacial score (nSPS) is 12.7. The molecule has 11 aromatic carbocycles. The van der Waals surface area contributed by atoms with Crippen LogP contribution in [0.15, 0.2) is 243 Å². The minimum atomic E-state index is -0.596. The largest absolute Gasteiger partial charge is 0.0714 e. The van der Waals surface area contributed by atoms with Crippen LogP contribution in [0.5, 0.6) is 0 Å². The summed E-state index contributed by atoms with van der Waals surface area (Å²) in [7, 11) is 0. The Morgan fingerprint density at radius 3 is 1.07 bits per heavy atom. The van der Waals surface area contributed by atoms with Crippen LogP contribution >= 0.6 is 0 Å². The third-order valence-corrected chi connectivity index (χ3v) is 13.2. The Morgan fingerprint density at radius 1 is 0.213 bits per heavy atom. The van der Waals surface area contributed by atoms with E-state index in [0.717, 1.165) is 0 Å². The molecule has 0 saturated carbocycles. The molecule has 61 heavy (non-hydrogen) atoms. The fourth-order valence-corrected chi connectivity index (χ4v) is 10.6. The number of fused-ring (bicyclic) bond motifs is 7. The predicted molar refractivity (Wildman–Crippen MR) is 258 cm³/mol. The average Bonchev–Trinajstić information content (AvgIpc) is 3.64. The Labute approximate surface area is 356 Å². The van der Waals surface area contributed by atoms with E-state index in [9.17, 15) is 0 Å². The molecule has 284 valence electrons. The molecule has 0 N–H and O–H groups in total. The van der Waals surface area contributed by atoms with Crippen molar-refractivity contribution in [3.05, 3.63) is 265 Å². The van der Waals surface area contributed by atoms with Gasteiger partial charge in [-0.1, -0.05) is 231 Å². The van der Waals surface area contributed by atoms with Gasteiger partial charge in [-0.3, -0.25) is 0 Å². The minimum absolute atomic E-state index is 0.596. The first-order valence-electron chi connectivity index (χ1n) is 21.3. The Bertz CT molecular complexity index is 3400. The molecule has 1 aliphatic carbocycles. The monoisotopic (exact) mass is 772 g/mol. The molecule has 0 unspecified atom stereocenters. The molecular weight excluding hydrogens is 733 g/mol. The van der Waals surface area contributed by atoms with Crippen LogP contribution < -0.4 is 0 Å². The lowest BCUT2D eigenvalue weighted by Crippen LogP contribution is -2.28. The molecule has 0 radical (unpaired) electrons. The van der Waals surface area contributed by atoms with Crippen molar-refractivity contribution in [1.82, 2.24) is 0 Å². The van der Waals surface area contributed by atoms with Crippen molar-refractivity contribution in [3.8, 4) is 55.6 Å². The Balaban J connectivity index is 1.17. The second-order valence-corrected chi connectivity index (χ2v) is 16.3. The molecule has 0 bridgehead atoms. The quantitative estimate of drug-likeness (QED) is 0.158. The maximum atomic E-state index is 2.55. The summed E-state index contributed by atoms with van der Waals surface area (Å²) in [6, 6.07) is 90.0. The van der Waals surface area contributed by atoms with Crippen molar-refractivity contribution >= 4 is 32.3 Å². The highest BCUT2D eigenvalue weighted by atomic mass is 14.5. The van der Waals surface area contributed by atoms with Crippen LogP contribution in [0.2, 0.25) is 0 Å². The van der Waals surface area contributed by atoms with Crippen molar-refractivity contribution in [1.29, 1.82) is 0 Å². The van der Waals surface area contributed by atoms with Crippen molar-refractivity contribution in [2.75, 3.05) is 0 Å². The van der Waals surface area contributed by atoms with Crippen LogP contribution in [0, 0.1) is 0 Å². The highest BCUT2D eigenvalue weighted by Gasteiger charge is 2.47. The van der Waals surface area contributed by atoms with E-state index in [2.05, 4.69) is 243 Å². The lowest BCUT2D eigenvalue weighted by atomic mass is 9.67. The van der Waals surface area contributed by atoms with Crippen LogP contribution in [-0.2, 0) is 5.41 Å². The van der Waals surface area contributed by atoms with E-state index in [1.807, 2.05) is 0 Å². The number of hydrogen-bond donors (Lipinski definition) is 0. The van der Waals surface area contributed by atoms with Crippen LogP contribution in [0.1, 0.15) is 22.3 Å². The first kappa shape index (κ1) is 35.2. The van der Waals surface area contributed by atoms with Crippen molar-refractivity contribution in [2.45, 2.75) is 5.41 Å². The second kappa shape index (κ2) is 14.2. The molecule has 0 heterocycles. The summed E-state index contributed by atoms with van der Waals surface area (Å²) in [5.74, 6) is 0. The number of hydrogen-bond acceptors (Lipinski definition) is 0. The predicted octanol–water partition coefficient (Wildman–Crippen LogP) is 16.2. The van der Waals surface area contributed by atoms with Gasteiger partial charge in [0.25, 0.3) is 0 Å². The van der Waals surface area contributed by atoms with Crippen LogP contribution in [-0.4, -0.2) is 0 Å². The number of rotatable bonds is 6. The standard InChI is InChI=1S/C61H40/c1-5-19-41(20-6-1)46-35-36-48(51-29-14-13-27-49(46)51)43-33-34-56-58(39-43)61(44-23-9-3-10-24-44,45-25-11-4-12-26-45)59-40-57(53-31-17-18-32-55(53)60(56)59)54-38-37-47(42-21-7-2-8-22-42)50-28-15-16-30-52(50)54/h1-40H. The van der Waals surface area contributed by atoms with Gasteiger partial charge in [-0.15, -0.1) is 0 Å². The SMILES string of the molecule is c1ccc(-c2ccc(-c3ccc4c(c3)C(c3ccccc3)(c3ccccc3)c3cc(-c5ccc(-c6ccccc6)c6ccccc56)c5ccccc5c3-4)c3ccccc23)cc1. The van der Waals surface area contributed by atoms with Crippen LogP contribution in [0.3, 0.4) is 0 Å². The van der Waals surface area contributed by atoms with Gasteiger partial charge in [0.05, 0.1) is 5.41 Å². The van der Waals surface area contributed by atoms with E-state index in [1.165, 1.54) is 110 Å². The summed E-state index contributed by atoms with van der Waals surface area (Å²) < 4.78 is 0. The summed E-state index contributed by atoms with van der Waals surface area (Å²) in [4.78, 5) is 0. The lowest BCUT2D eigenvalue weighted by Gasteiger charge is -2.34. The molecule has 0 heteroatoms. The van der Waals surface area contributed by atoms with Crippen LogP contribution in [0.4, 0.5) is 0 Å². The lowest BCUT2D eigenvalue weighted by molar-refractivity contribution is 0.769. The van der Waals surface area contributed by atoms with E-state index in [-0.39, 0.29) is 0 Å². The molecule has 11 aromatic rings. The molecule has 0 atom stereocenters. The van der Waals surface area contributed by atoms with Crippen molar-refractivity contribution in [3.63, 3.8) is 0 Å². The first-order chi connectivity index (χ1) is 30.3. The fraction of sp³-hybridized carbons (Fsp3) is 0.0164. The van der Waals surface area contributed by atoms with Gasteiger partial charge in [-0.05, 0) is 122 Å². The molecule has 0 aliphatic heterocycles. The third kappa shape index (κ3) is 5.39. The highest BCUT2D eigenvalue weighted by Crippen LogP contribution is 2.60. The van der Waals surface area contributed by atoms with Gasteiger partial charge < -0.3 is 0 Å². The van der Waals surface area contributed by atoms with Crippen molar-refractivity contribution in [2.24, 2.45) is 0 Å². The zero-order valence-electron chi connectivity index (χ0n) is 33.6. The van der Waals surface area contributed by atoms with E-state index in [0.29, 0.717) is 0 Å². The Morgan fingerprint density at radius 2 is 0.574 bits per heavy atom. The minimum Gasteiger partial charge on any atom is -0.0622 e. The van der Waals surface area contributed by atoms with Gasteiger partial charge in [0.15, 0.2) is 0 Å².